The molecule has 2 rings (SSSR count). The van der Waals surface area contributed by atoms with Gasteiger partial charge in [-0.15, -0.1) is 10.2 Å². The molecule has 0 aliphatic rings. The van der Waals surface area contributed by atoms with Crippen molar-refractivity contribution in [3.63, 3.8) is 0 Å². The average Bonchev–Trinajstić information content (AvgIpc) is 2.77. The summed E-state index contributed by atoms with van der Waals surface area (Å²) in [6.45, 7) is 2.65. The lowest BCUT2D eigenvalue weighted by Gasteiger charge is -2.07. The number of hydrogen-bond acceptors (Lipinski definition) is 2. The van der Waals surface area contributed by atoms with E-state index in [0.29, 0.717) is 23.3 Å². The van der Waals surface area contributed by atoms with Crippen molar-refractivity contribution in [2.75, 3.05) is 0 Å². The summed E-state index contributed by atoms with van der Waals surface area (Å²) >= 11 is 3.32. The Morgan fingerprint density at radius 1 is 1.22 bits per heavy atom. The minimum atomic E-state index is -0.837. The van der Waals surface area contributed by atoms with Crippen molar-refractivity contribution in [2.45, 2.75) is 25.2 Å². The molecular formula is C12H12BrF2N3. The fourth-order valence-electron chi connectivity index (χ4n) is 1.82. The number of alkyl halides is 1. The Hall–Kier alpha value is -1.30. The first-order valence-electron chi connectivity index (χ1n) is 5.57. The predicted octanol–water partition coefficient (Wildman–Crippen LogP) is 3.06. The second-order valence-corrected chi connectivity index (χ2v) is 4.36. The summed E-state index contributed by atoms with van der Waals surface area (Å²) in [6, 6.07) is 4.15. The van der Waals surface area contributed by atoms with E-state index in [-0.39, 0.29) is 6.42 Å². The van der Waals surface area contributed by atoms with Crippen molar-refractivity contribution in [1.82, 2.24) is 14.8 Å². The number of aromatic nitrogens is 3. The largest absolute Gasteiger partial charge is 0.314 e. The maximum absolute atomic E-state index is 13.6. The molecule has 3 nitrogen and oxygen atoms in total. The molecule has 6 heteroatoms. The van der Waals surface area contributed by atoms with E-state index in [1.54, 1.807) is 6.07 Å². The van der Waals surface area contributed by atoms with Crippen molar-refractivity contribution in [2.24, 2.45) is 0 Å². The van der Waals surface area contributed by atoms with Gasteiger partial charge in [-0.05, 0) is 18.6 Å². The molecule has 0 bridgehead atoms. The van der Waals surface area contributed by atoms with Gasteiger partial charge in [-0.25, -0.2) is 8.78 Å². The number of rotatable bonds is 4. The van der Waals surface area contributed by atoms with Crippen LogP contribution < -0.4 is 0 Å². The Balaban J connectivity index is 2.34. The zero-order valence-electron chi connectivity index (χ0n) is 9.83. The van der Waals surface area contributed by atoms with Crippen LogP contribution in [-0.2, 0) is 18.3 Å². The molecule has 1 heterocycles. The molecule has 1 aromatic carbocycles. The highest BCUT2D eigenvalue weighted by Crippen LogP contribution is 2.16. The number of benzene rings is 1. The molecule has 0 radical (unpaired) electrons. The van der Waals surface area contributed by atoms with Gasteiger partial charge < -0.3 is 4.57 Å². The highest BCUT2D eigenvalue weighted by atomic mass is 79.9. The third-order valence-corrected chi connectivity index (χ3v) is 3.22. The summed E-state index contributed by atoms with van der Waals surface area (Å²) in [5.74, 6) is -0.236. The molecule has 0 saturated heterocycles. The van der Waals surface area contributed by atoms with Gasteiger partial charge in [0.05, 0.1) is 5.33 Å². The van der Waals surface area contributed by atoms with Gasteiger partial charge in [0.1, 0.15) is 11.6 Å². The molecule has 0 unspecified atom stereocenters. The summed E-state index contributed by atoms with van der Waals surface area (Å²) in [7, 11) is 0. The summed E-state index contributed by atoms with van der Waals surface area (Å²) in [5, 5.41) is 8.60. The van der Waals surface area contributed by atoms with Crippen molar-refractivity contribution >= 4 is 15.9 Å². The highest BCUT2D eigenvalue weighted by Gasteiger charge is 2.14. The SMILES string of the molecule is CCn1c(CBr)nnc1Cc1cccc(F)c1F. The van der Waals surface area contributed by atoms with E-state index in [2.05, 4.69) is 26.1 Å². The van der Waals surface area contributed by atoms with Crippen molar-refractivity contribution < 1.29 is 8.78 Å². The molecule has 0 spiro atoms. The van der Waals surface area contributed by atoms with Crippen LogP contribution in [0.2, 0.25) is 0 Å². The van der Waals surface area contributed by atoms with Gasteiger partial charge in [0.15, 0.2) is 11.6 Å². The Kier molecular flexibility index (Phi) is 4.06. The Morgan fingerprint density at radius 3 is 2.61 bits per heavy atom. The zero-order chi connectivity index (χ0) is 13.1. The van der Waals surface area contributed by atoms with Crippen LogP contribution in [0.25, 0.3) is 0 Å². The highest BCUT2D eigenvalue weighted by molar-refractivity contribution is 9.08. The minimum Gasteiger partial charge on any atom is -0.314 e. The molecule has 0 atom stereocenters. The van der Waals surface area contributed by atoms with Gasteiger partial charge >= 0.3 is 0 Å². The molecule has 96 valence electrons. The third kappa shape index (κ3) is 2.43. The number of hydrogen-bond donors (Lipinski definition) is 0. The van der Waals surface area contributed by atoms with E-state index in [0.717, 1.165) is 11.9 Å². The van der Waals surface area contributed by atoms with Crippen LogP contribution in [0.1, 0.15) is 24.1 Å². The first-order valence-corrected chi connectivity index (χ1v) is 6.69. The molecule has 18 heavy (non-hydrogen) atoms. The van der Waals surface area contributed by atoms with Gasteiger partial charge in [0.2, 0.25) is 0 Å². The monoisotopic (exact) mass is 315 g/mol. The second-order valence-electron chi connectivity index (χ2n) is 3.80. The van der Waals surface area contributed by atoms with Crippen LogP contribution in [-0.4, -0.2) is 14.8 Å². The third-order valence-electron chi connectivity index (χ3n) is 2.72. The Bertz CT molecular complexity index is 554. The van der Waals surface area contributed by atoms with Crippen LogP contribution in [0.15, 0.2) is 18.2 Å². The van der Waals surface area contributed by atoms with E-state index in [1.807, 2.05) is 11.5 Å². The Morgan fingerprint density at radius 2 is 1.94 bits per heavy atom. The smallest absolute Gasteiger partial charge is 0.162 e. The predicted molar refractivity (Wildman–Crippen MR) is 67.5 cm³/mol. The van der Waals surface area contributed by atoms with Crippen LogP contribution >= 0.6 is 15.9 Å². The minimum absolute atomic E-state index is 0.234. The molecule has 2 aromatic rings. The summed E-state index contributed by atoms with van der Waals surface area (Å²) in [6.07, 6.45) is 0.234. The fraction of sp³-hybridized carbons (Fsp3) is 0.333. The topological polar surface area (TPSA) is 30.7 Å². The standard InChI is InChI=1S/C12H12BrF2N3/c1-2-18-10(16-17-11(18)7-13)6-8-4-3-5-9(14)12(8)15/h3-5H,2,6-7H2,1H3. The first-order chi connectivity index (χ1) is 8.67. The molecule has 0 aliphatic carbocycles. The molecule has 1 aromatic heterocycles. The summed E-state index contributed by atoms with van der Waals surface area (Å²) < 4.78 is 28.6. The first kappa shape index (κ1) is 13.1. The van der Waals surface area contributed by atoms with E-state index >= 15 is 0 Å². The van der Waals surface area contributed by atoms with Gasteiger partial charge in [-0.1, -0.05) is 28.1 Å². The lowest BCUT2D eigenvalue weighted by molar-refractivity contribution is 0.499. The van der Waals surface area contributed by atoms with Crippen LogP contribution in [0.5, 0.6) is 0 Å². The number of nitrogens with zero attached hydrogens (tertiary/aromatic N) is 3. The quantitative estimate of drug-likeness (QED) is 0.812. The lowest BCUT2D eigenvalue weighted by Crippen LogP contribution is -2.07. The van der Waals surface area contributed by atoms with Crippen molar-refractivity contribution in [3.05, 3.63) is 47.0 Å². The van der Waals surface area contributed by atoms with E-state index < -0.39 is 11.6 Å². The molecule has 0 saturated carbocycles. The average molecular weight is 316 g/mol. The maximum Gasteiger partial charge on any atom is 0.162 e. The van der Waals surface area contributed by atoms with Crippen LogP contribution in [0.4, 0.5) is 8.78 Å². The van der Waals surface area contributed by atoms with Gasteiger partial charge in [0, 0.05) is 13.0 Å². The van der Waals surface area contributed by atoms with Crippen LogP contribution in [0.3, 0.4) is 0 Å². The lowest BCUT2D eigenvalue weighted by atomic mass is 10.1. The van der Waals surface area contributed by atoms with E-state index in [1.165, 1.54) is 6.07 Å². The zero-order valence-corrected chi connectivity index (χ0v) is 11.4. The fourth-order valence-corrected chi connectivity index (χ4v) is 2.24. The van der Waals surface area contributed by atoms with Crippen LogP contribution in [0, 0.1) is 11.6 Å². The number of halogens is 3. The molecular weight excluding hydrogens is 304 g/mol. The summed E-state index contributed by atoms with van der Waals surface area (Å²) in [5.41, 5.74) is 0.290. The van der Waals surface area contributed by atoms with Gasteiger partial charge in [0.25, 0.3) is 0 Å². The Labute approximate surface area is 112 Å². The molecule has 0 aliphatic heterocycles. The molecule has 0 N–H and O–H groups in total. The second kappa shape index (κ2) is 5.56. The molecule has 0 amide bonds. The van der Waals surface area contributed by atoms with E-state index in [4.69, 9.17) is 0 Å². The van der Waals surface area contributed by atoms with Crippen molar-refractivity contribution in [3.8, 4) is 0 Å². The maximum atomic E-state index is 13.6. The molecule has 0 fully saturated rings. The van der Waals surface area contributed by atoms with Gasteiger partial charge in [-0.3, -0.25) is 0 Å². The summed E-state index contributed by atoms with van der Waals surface area (Å²) in [4.78, 5) is 0. The van der Waals surface area contributed by atoms with E-state index in [9.17, 15) is 8.78 Å². The van der Waals surface area contributed by atoms with Gasteiger partial charge in [-0.2, -0.15) is 0 Å². The normalized spacial score (nSPS) is 10.9. The van der Waals surface area contributed by atoms with Crippen molar-refractivity contribution in [1.29, 1.82) is 0 Å².